The van der Waals surface area contributed by atoms with Gasteiger partial charge in [0.2, 0.25) is 0 Å². The van der Waals surface area contributed by atoms with Crippen LogP contribution in [0.5, 0.6) is 0 Å². The molecule has 5 nitrogen and oxygen atoms in total. The van der Waals surface area contributed by atoms with Crippen molar-refractivity contribution in [3.63, 3.8) is 0 Å². The molecule has 0 radical (unpaired) electrons. The Morgan fingerprint density at radius 1 is 1.53 bits per heavy atom. The van der Waals surface area contributed by atoms with Crippen molar-refractivity contribution in [2.24, 2.45) is 0 Å². The van der Waals surface area contributed by atoms with Crippen LogP contribution in [0.2, 0.25) is 0 Å². The van der Waals surface area contributed by atoms with Gasteiger partial charge in [0.15, 0.2) is 0 Å². The van der Waals surface area contributed by atoms with E-state index in [0.717, 1.165) is 24.9 Å². The zero-order valence-corrected chi connectivity index (χ0v) is 11.4. The normalized spacial score (nSPS) is 18.6. The molecular weight excluding hydrogens is 244 g/mol. The molecule has 0 bridgehead atoms. The Morgan fingerprint density at radius 3 is 2.79 bits per heavy atom. The number of methoxy groups -OCH3 is 1. The van der Waals surface area contributed by atoms with Crippen molar-refractivity contribution in [1.82, 2.24) is 5.32 Å². The lowest BCUT2D eigenvalue weighted by atomic mass is 9.80. The lowest BCUT2D eigenvalue weighted by Gasteiger charge is -2.41. The van der Waals surface area contributed by atoms with Gasteiger partial charge in [-0.1, -0.05) is 12.1 Å². The number of nitrogens with one attached hydrogen (secondary N) is 1. The van der Waals surface area contributed by atoms with Crippen molar-refractivity contribution in [3.8, 4) is 0 Å². The molecule has 5 heteroatoms. The van der Waals surface area contributed by atoms with Gasteiger partial charge < -0.3 is 10.1 Å². The summed E-state index contributed by atoms with van der Waals surface area (Å²) >= 11 is 0. The Hall–Kier alpha value is -1.46. The van der Waals surface area contributed by atoms with Gasteiger partial charge in [-0.2, -0.15) is 0 Å². The molecule has 1 aromatic rings. The van der Waals surface area contributed by atoms with Gasteiger partial charge in [0.1, 0.15) is 0 Å². The molecular formula is C14H20N2O3. The molecule has 0 aliphatic heterocycles. The number of non-ortho nitro benzene ring substituents is 1. The van der Waals surface area contributed by atoms with Crippen molar-refractivity contribution in [3.05, 3.63) is 39.9 Å². The molecule has 1 atom stereocenters. The molecule has 1 unspecified atom stereocenters. The summed E-state index contributed by atoms with van der Waals surface area (Å²) in [6, 6.07) is 6.84. The molecule has 0 amide bonds. The van der Waals surface area contributed by atoms with Crippen LogP contribution < -0.4 is 5.32 Å². The molecule has 2 rings (SSSR count). The number of benzene rings is 1. The van der Waals surface area contributed by atoms with E-state index in [1.54, 1.807) is 19.2 Å². The van der Waals surface area contributed by atoms with E-state index < -0.39 is 0 Å². The summed E-state index contributed by atoms with van der Waals surface area (Å²) < 4.78 is 5.55. The second-order valence-electron chi connectivity index (χ2n) is 5.20. The first-order chi connectivity index (χ1) is 9.06. The predicted molar refractivity (Wildman–Crippen MR) is 73.1 cm³/mol. The first-order valence-electron chi connectivity index (χ1n) is 6.59. The minimum absolute atomic E-state index is 0.0328. The second-order valence-corrected chi connectivity index (χ2v) is 5.20. The third-order valence-corrected chi connectivity index (χ3v) is 4.01. The van der Waals surface area contributed by atoms with E-state index in [1.807, 2.05) is 13.0 Å². The molecule has 0 saturated heterocycles. The van der Waals surface area contributed by atoms with Crippen LogP contribution in [0.3, 0.4) is 0 Å². The standard InChI is InChI=1S/C14H20N2O3/c1-11(15-10-14(19-2)7-4-8-14)12-5-3-6-13(9-12)16(17)18/h3,5-6,9,11,15H,4,7-8,10H2,1-2H3. The highest BCUT2D eigenvalue weighted by Crippen LogP contribution is 2.34. The number of nitro benzene ring substituents is 1. The largest absolute Gasteiger partial charge is 0.377 e. The monoisotopic (exact) mass is 264 g/mol. The van der Waals surface area contributed by atoms with Crippen LogP contribution >= 0.6 is 0 Å². The van der Waals surface area contributed by atoms with E-state index >= 15 is 0 Å². The first-order valence-corrected chi connectivity index (χ1v) is 6.59. The van der Waals surface area contributed by atoms with Gasteiger partial charge in [0.25, 0.3) is 5.69 Å². The minimum atomic E-state index is -0.362. The molecule has 19 heavy (non-hydrogen) atoms. The molecule has 0 heterocycles. The lowest BCUT2D eigenvalue weighted by molar-refractivity contribution is -0.384. The van der Waals surface area contributed by atoms with Gasteiger partial charge in [-0.15, -0.1) is 0 Å². The average Bonchev–Trinajstić information content (AvgIpc) is 2.38. The minimum Gasteiger partial charge on any atom is -0.377 e. The third-order valence-electron chi connectivity index (χ3n) is 4.01. The Morgan fingerprint density at radius 2 is 2.26 bits per heavy atom. The van der Waals surface area contributed by atoms with Crippen molar-refractivity contribution < 1.29 is 9.66 Å². The van der Waals surface area contributed by atoms with Gasteiger partial charge in [-0.3, -0.25) is 10.1 Å². The van der Waals surface area contributed by atoms with E-state index in [4.69, 9.17) is 4.74 Å². The van der Waals surface area contributed by atoms with E-state index in [1.165, 1.54) is 12.5 Å². The number of hydrogen-bond acceptors (Lipinski definition) is 4. The summed E-state index contributed by atoms with van der Waals surface area (Å²) in [4.78, 5) is 10.4. The Kier molecular flexibility index (Phi) is 4.17. The van der Waals surface area contributed by atoms with E-state index in [2.05, 4.69) is 5.32 Å². The van der Waals surface area contributed by atoms with Gasteiger partial charge in [0, 0.05) is 31.8 Å². The van der Waals surface area contributed by atoms with Gasteiger partial charge in [-0.05, 0) is 31.7 Å². The molecule has 1 saturated carbocycles. The summed E-state index contributed by atoms with van der Waals surface area (Å²) in [5.41, 5.74) is 1.03. The van der Waals surface area contributed by atoms with Crippen molar-refractivity contribution >= 4 is 5.69 Å². The lowest BCUT2D eigenvalue weighted by Crippen LogP contribution is -2.48. The van der Waals surface area contributed by atoms with Crippen LogP contribution in [0.25, 0.3) is 0 Å². The molecule has 1 aromatic carbocycles. The first kappa shape index (κ1) is 14.0. The van der Waals surface area contributed by atoms with Crippen LogP contribution in [0, 0.1) is 10.1 Å². The molecule has 1 N–H and O–H groups in total. The molecule has 0 spiro atoms. The number of hydrogen-bond donors (Lipinski definition) is 1. The summed E-state index contributed by atoms with van der Waals surface area (Å²) in [6.45, 7) is 2.80. The van der Waals surface area contributed by atoms with Crippen LogP contribution in [-0.4, -0.2) is 24.2 Å². The fraction of sp³-hybridized carbons (Fsp3) is 0.571. The van der Waals surface area contributed by atoms with Crippen molar-refractivity contribution in [2.75, 3.05) is 13.7 Å². The number of rotatable bonds is 6. The van der Waals surface area contributed by atoms with E-state index in [0.29, 0.717) is 0 Å². The zero-order valence-electron chi connectivity index (χ0n) is 11.4. The highest BCUT2D eigenvalue weighted by atomic mass is 16.6. The van der Waals surface area contributed by atoms with Crippen LogP contribution in [0.1, 0.15) is 37.8 Å². The van der Waals surface area contributed by atoms with Crippen molar-refractivity contribution in [2.45, 2.75) is 37.8 Å². The maximum atomic E-state index is 10.8. The number of ether oxygens (including phenoxy) is 1. The predicted octanol–water partition coefficient (Wildman–Crippen LogP) is 2.81. The topological polar surface area (TPSA) is 64.4 Å². The second kappa shape index (κ2) is 5.67. The number of nitro groups is 1. The Labute approximate surface area is 113 Å². The third kappa shape index (κ3) is 3.11. The Balaban J connectivity index is 1.97. The zero-order chi connectivity index (χ0) is 13.9. The van der Waals surface area contributed by atoms with Gasteiger partial charge in [0.05, 0.1) is 10.5 Å². The maximum absolute atomic E-state index is 10.8. The summed E-state index contributed by atoms with van der Waals surface area (Å²) in [6.07, 6.45) is 3.37. The SMILES string of the molecule is COC1(CNC(C)c2cccc([N+](=O)[O-])c2)CCC1. The van der Waals surface area contributed by atoms with E-state index in [9.17, 15) is 10.1 Å². The fourth-order valence-electron chi connectivity index (χ4n) is 2.39. The molecule has 0 aromatic heterocycles. The molecule has 1 aliphatic rings. The number of nitrogens with zero attached hydrogens (tertiary/aromatic N) is 1. The quantitative estimate of drug-likeness (QED) is 0.634. The van der Waals surface area contributed by atoms with E-state index in [-0.39, 0.29) is 22.3 Å². The van der Waals surface area contributed by atoms with Gasteiger partial charge >= 0.3 is 0 Å². The summed E-state index contributed by atoms with van der Waals surface area (Å²) in [5.74, 6) is 0. The fourth-order valence-corrected chi connectivity index (χ4v) is 2.39. The molecule has 1 fully saturated rings. The Bertz CT molecular complexity index is 452. The van der Waals surface area contributed by atoms with Crippen LogP contribution in [-0.2, 0) is 4.74 Å². The van der Waals surface area contributed by atoms with Crippen molar-refractivity contribution in [1.29, 1.82) is 0 Å². The summed E-state index contributed by atoms with van der Waals surface area (Å²) in [5, 5.41) is 14.2. The van der Waals surface area contributed by atoms with Crippen LogP contribution in [0.4, 0.5) is 5.69 Å². The smallest absolute Gasteiger partial charge is 0.269 e. The highest BCUT2D eigenvalue weighted by molar-refractivity contribution is 5.35. The average molecular weight is 264 g/mol. The highest BCUT2D eigenvalue weighted by Gasteiger charge is 2.36. The van der Waals surface area contributed by atoms with Gasteiger partial charge in [-0.25, -0.2) is 0 Å². The maximum Gasteiger partial charge on any atom is 0.269 e. The molecule has 1 aliphatic carbocycles. The molecule has 104 valence electrons. The summed E-state index contributed by atoms with van der Waals surface area (Å²) in [7, 11) is 1.75. The van der Waals surface area contributed by atoms with Crippen LogP contribution in [0.15, 0.2) is 24.3 Å².